The van der Waals surface area contributed by atoms with Crippen LogP contribution in [0.15, 0.2) is 39.1 Å². The van der Waals surface area contributed by atoms with E-state index in [-0.39, 0.29) is 5.69 Å². The van der Waals surface area contributed by atoms with Crippen LogP contribution in [-0.4, -0.2) is 19.9 Å². The standard InChI is InChI=1S/C12H15N3O2S/c1-3-10(16)8-4-6-9(7-5-8)18-12-14-13-11(17)15(12)2/h4-7,10,16H,3H2,1-2H3,(H,13,17)/t10-/m0/s1. The fourth-order valence-electron chi connectivity index (χ4n) is 1.52. The quantitative estimate of drug-likeness (QED) is 0.882. The van der Waals surface area contributed by atoms with E-state index in [2.05, 4.69) is 10.2 Å². The number of aromatic nitrogens is 3. The largest absolute Gasteiger partial charge is 0.388 e. The van der Waals surface area contributed by atoms with Gasteiger partial charge in [0.05, 0.1) is 6.10 Å². The number of aliphatic hydroxyl groups excluding tert-OH is 1. The van der Waals surface area contributed by atoms with Gasteiger partial charge in [-0.25, -0.2) is 9.89 Å². The summed E-state index contributed by atoms with van der Waals surface area (Å²) in [6.45, 7) is 1.94. The van der Waals surface area contributed by atoms with Crippen molar-refractivity contribution in [1.29, 1.82) is 0 Å². The Balaban J connectivity index is 2.16. The molecule has 1 aromatic carbocycles. The van der Waals surface area contributed by atoms with Gasteiger partial charge in [0.2, 0.25) is 0 Å². The van der Waals surface area contributed by atoms with E-state index in [1.54, 1.807) is 7.05 Å². The SMILES string of the molecule is CC[C@H](O)c1ccc(Sc2n[nH]c(=O)n2C)cc1. The molecule has 0 aliphatic carbocycles. The van der Waals surface area contributed by atoms with Crippen molar-refractivity contribution < 1.29 is 5.11 Å². The molecule has 5 nitrogen and oxygen atoms in total. The number of hydrogen-bond donors (Lipinski definition) is 2. The second-order valence-electron chi connectivity index (χ2n) is 3.97. The fourth-order valence-corrected chi connectivity index (χ4v) is 2.32. The molecule has 0 saturated heterocycles. The zero-order valence-corrected chi connectivity index (χ0v) is 11.1. The number of benzene rings is 1. The average molecular weight is 265 g/mol. The highest BCUT2D eigenvalue weighted by atomic mass is 32.2. The van der Waals surface area contributed by atoms with Crippen molar-refractivity contribution in [3.63, 3.8) is 0 Å². The monoisotopic (exact) mass is 265 g/mol. The lowest BCUT2D eigenvalue weighted by atomic mass is 10.1. The molecule has 0 fully saturated rings. The van der Waals surface area contributed by atoms with Crippen molar-refractivity contribution in [1.82, 2.24) is 14.8 Å². The zero-order chi connectivity index (χ0) is 13.1. The molecular weight excluding hydrogens is 250 g/mol. The number of aromatic amines is 1. The van der Waals surface area contributed by atoms with E-state index < -0.39 is 6.10 Å². The molecule has 0 radical (unpaired) electrons. The van der Waals surface area contributed by atoms with Gasteiger partial charge in [0, 0.05) is 11.9 Å². The Kier molecular flexibility index (Phi) is 3.88. The summed E-state index contributed by atoms with van der Waals surface area (Å²) in [7, 11) is 1.67. The van der Waals surface area contributed by atoms with Crippen molar-refractivity contribution in [2.24, 2.45) is 7.05 Å². The summed E-state index contributed by atoms with van der Waals surface area (Å²) in [5.74, 6) is 0. The Morgan fingerprint density at radius 3 is 2.61 bits per heavy atom. The van der Waals surface area contributed by atoms with Crippen LogP contribution >= 0.6 is 11.8 Å². The van der Waals surface area contributed by atoms with Gasteiger partial charge < -0.3 is 5.11 Å². The topological polar surface area (TPSA) is 70.9 Å². The number of aliphatic hydroxyl groups is 1. The third kappa shape index (κ3) is 2.65. The molecule has 18 heavy (non-hydrogen) atoms. The summed E-state index contributed by atoms with van der Waals surface area (Å²) in [5.41, 5.74) is 0.674. The van der Waals surface area contributed by atoms with Crippen molar-refractivity contribution in [2.75, 3.05) is 0 Å². The molecule has 0 bridgehead atoms. The van der Waals surface area contributed by atoms with Gasteiger partial charge in [-0.3, -0.25) is 4.57 Å². The Labute approximate surface area is 109 Å². The maximum absolute atomic E-state index is 11.2. The highest BCUT2D eigenvalue weighted by Gasteiger charge is 2.08. The highest BCUT2D eigenvalue weighted by molar-refractivity contribution is 7.99. The molecule has 2 N–H and O–H groups in total. The van der Waals surface area contributed by atoms with Crippen molar-refractivity contribution in [2.45, 2.75) is 29.5 Å². The van der Waals surface area contributed by atoms with E-state index in [0.29, 0.717) is 11.6 Å². The predicted molar refractivity (Wildman–Crippen MR) is 69.6 cm³/mol. The summed E-state index contributed by atoms with van der Waals surface area (Å²) in [5, 5.41) is 16.6. The van der Waals surface area contributed by atoms with Crippen molar-refractivity contribution in [3.8, 4) is 0 Å². The summed E-state index contributed by atoms with van der Waals surface area (Å²) >= 11 is 1.40. The molecule has 0 unspecified atom stereocenters. The number of H-pyrrole nitrogens is 1. The second-order valence-corrected chi connectivity index (χ2v) is 5.01. The normalized spacial score (nSPS) is 12.6. The summed E-state index contributed by atoms with van der Waals surface area (Å²) < 4.78 is 1.46. The van der Waals surface area contributed by atoms with Gasteiger partial charge in [-0.1, -0.05) is 19.1 Å². The van der Waals surface area contributed by atoms with Crippen molar-refractivity contribution in [3.05, 3.63) is 40.3 Å². The second kappa shape index (κ2) is 5.41. The van der Waals surface area contributed by atoms with Crippen LogP contribution in [0.5, 0.6) is 0 Å². The third-order valence-electron chi connectivity index (χ3n) is 2.70. The number of rotatable bonds is 4. The van der Waals surface area contributed by atoms with Crippen LogP contribution in [0.4, 0.5) is 0 Å². The summed E-state index contributed by atoms with van der Waals surface area (Å²) in [4.78, 5) is 12.2. The number of nitrogens with one attached hydrogen (secondary N) is 1. The lowest BCUT2D eigenvalue weighted by molar-refractivity contribution is 0.173. The Hall–Kier alpha value is -1.53. The fraction of sp³-hybridized carbons (Fsp3) is 0.333. The van der Waals surface area contributed by atoms with E-state index in [0.717, 1.165) is 10.5 Å². The molecule has 6 heteroatoms. The average Bonchev–Trinajstić information content (AvgIpc) is 2.71. The Morgan fingerprint density at radius 1 is 1.44 bits per heavy atom. The molecule has 1 atom stereocenters. The summed E-state index contributed by atoms with van der Waals surface area (Å²) in [6, 6.07) is 7.61. The molecule has 0 aliphatic heterocycles. The van der Waals surface area contributed by atoms with Crippen LogP contribution in [0.25, 0.3) is 0 Å². The van der Waals surface area contributed by atoms with E-state index in [9.17, 15) is 9.90 Å². The van der Waals surface area contributed by atoms with Gasteiger partial charge in [0.25, 0.3) is 0 Å². The van der Waals surface area contributed by atoms with E-state index >= 15 is 0 Å². The minimum Gasteiger partial charge on any atom is -0.388 e. The van der Waals surface area contributed by atoms with Crippen LogP contribution < -0.4 is 5.69 Å². The number of hydrogen-bond acceptors (Lipinski definition) is 4. The highest BCUT2D eigenvalue weighted by Crippen LogP contribution is 2.26. The van der Waals surface area contributed by atoms with Gasteiger partial charge in [-0.15, -0.1) is 5.10 Å². The third-order valence-corrected chi connectivity index (χ3v) is 3.76. The van der Waals surface area contributed by atoms with E-state index in [1.165, 1.54) is 16.3 Å². The first-order chi connectivity index (χ1) is 8.61. The van der Waals surface area contributed by atoms with Crippen LogP contribution in [0.2, 0.25) is 0 Å². The molecule has 1 aromatic heterocycles. The predicted octanol–water partition coefficient (Wildman–Crippen LogP) is 1.70. The molecule has 0 saturated carbocycles. The molecule has 0 spiro atoms. The van der Waals surface area contributed by atoms with E-state index in [4.69, 9.17) is 0 Å². The van der Waals surface area contributed by atoms with Crippen LogP contribution in [-0.2, 0) is 7.05 Å². The Bertz CT molecular complexity index is 574. The molecule has 0 amide bonds. The molecule has 0 aliphatic rings. The van der Waals surface area contributed by atoms with Crippen molar-refractivity contribution >= 4 is 11.8 Å². The molecule has 96 valence electrons. The van der Waals surface area contributed by atoms with Gasteiger partial charge in [0.15, 0.2) is 5.16 Å². The molecular formula is C12H15N3O2S. The molecule has 2 rings (SSSR count). The zero-order valence-electron chi connectivity index (χ0n) is 10.3. The first-order valence-corrected chi connectivity index (χ1v) is 6.50. The molecule has 1 heterocycles. The van der Waals surface area contributed by atoms with E-state index in [1.807, 2.05) is 31.2 Å². The van der Waals surface area contributed by atoms with Crippen LogP contribution in [0.1, 0.15) is 25.0 Å². The maximum Gasteiger partial charge on any atom is 0.343 e. The lowest BCUT2D eigenvalue weighted by Crippen LogP contribution is -2.12. The molecule has 2 aromatic rings. The maximum atomic E-state index is 11.2. The van der Waals surface area contributed by atoms with Crippen LogP contribution in [0.3, 0.4) is 0 Å². The van der Waals surface area contributed by atoms with Crippen LogP contribution in [0, 0.1) is 0 Å². The minimum atomic E-state index is -0.418. The smallest absolute Gasteiger partial charge is 0.343 e. The summed E-state index contributed by atoms with van der Waals surface area (Å²) in [6.07, 6.45) is 0.277. The lowest BCUT2D eigenvalue weighted by Gasteiger charge is -2.08. The Morgan fingerprint density at radius 2 is 2.11 bits per heavy atom. The first kappa shape index (κ1) is 12.9. The minimum absolute atomic E-state index is 0.226. The van der Waals surface area contributed by atoms with Gasteiger partial charge in [-0.2, -0.15) is 0 Å². The van der Waals surface area contributed by atoms with Gasteiger partial charge in [0.1, 0.15) is 0 Å². The van der Waals surface area contributed by atoms with Gasteiger partial charge >= 0.3 is 5.69 Å². The number of nitrogens with zero attached hydrogens (tertiary/aromatic N) is 2. The first-order valence-electron chi connectivity index (χ1n) is 5.69. The van der Waals surface area contributed by atoms with Gasteiger partial charge in [-0.05, 0) is 35.9 Å².